The molecule has 3 aliphatic rings. The molecule has 1 saturated carbocycles. The van der Waals surface area contributed by atoms with E-state index in [4.69, 9.17) is 4.74 Å². The van der Waals surface area contributed by atoms with Crippen molar-refractivity contribution >= 4 is 11.7 Å². The highest BCUT2D eigenvalue weighted by Gasteiger charge is 2.31. The van der Waals surface area contributed by atoms with Crippen molar-refractivity contribution in [1.82, 2.24) is 4.90 Å². The fraction of sp³-hybridized carbons (Fsp3) is 0.471. The lowest BCUT2D eigenvalue weighted by atomic mass is 9.90. The molecule has 4 heteroatoms. The molecule has 1 N–H and O–H groups in total. The summed E-state index contributed by atoms with van der Waals surface area (Å²) in [5, 5.41) is 9.19. The number of carbonyl (C=O) groups is 1. The number of hydrogen-bond donors (Lipinski definition) is 1. The summed E-state index contributed by atoms with van der Waals surface area (Å²) in [6.45, 7) is 2.53. The minimum absolute atomic E-state index is 0.520. The van der Waals surface area contributed by atoms with E-state index >= 15 is 0 Å². The Bertz CT molecular complexity index is 631. The van der Waals surface area contributed by atoms with Crippen molar-refractivity contribution in [3.8, 4) is 0 Å². The second-order valence-electron chi connectivity index (χ2n) is 6.18. The number of rotatable bonds is 2. The third kappa shape index (κ3) is 2.33. The zero-order chi connectivity index (χ0) is 14.4. The van der Waals surface area contributed by atoms with E-state index in [1.54, 1.807) is 0 Å². The van der Waals surface area contributed by atoms with Crippen LogP contribution < -0.4 is 0 Å². The van der Waals surface area contributed by atoms with Crippen LogP contribution in [-0.4, -0.2) is 29.3 Å². The minimum Gasteiger partial charge on any atom is -0.465 e. The maximum atomic E-state index is 11.2. The molecule has 21 heavy (non-hydrogen) atoms. The van der Waals surface area contributed by atoms with Gasteiger partial charge in [-0.25, -0.2) is 4.79 Å². The van der Waals surface area contributed by atoms with Crippen LogP contribution in [0, 0.1) is 0 Å². The number of hydrogen-bond acceptors (Lipinski definition) is 2. The molecule has 110 valence electrons. The summed E-state index contributed by atoms with van der Waals surface area (Å²) < 4.78 is 5.42. The van der Waals surface area contributed by atoms with E-state index in [1.807, 2.05) is 0 Å². The lowest BCUT2D eigenvalue weighted by molar-refractivity contribution is 0.145. The summed E-state index contributed by atoms with van der Waals surface area (Å²) in [6.07, 6.45) is 4.84. The van der Waals surface area contributed by atoms with Gasteiger partial charge < -0.3 is 9.84 Å². The Hall–Kier alpha value is -1.81. The molecule has 1 aliphatic carbocycles. The first-order valence-corrected chi connectivity index (χ1v) is 7.63. The Balaban J connectivity index is 1.75. The first kappa shape index (κ1) is 12.9. The van der Waals surface area contributed by atoms with E-state index in [9.17, 15) is 9.90 Å². The predicted molar refractivity (Wildman–Crippen MR) is 79.1 cm³/mol. The van der Waals surface area contributed by atoms with Gasteiger partial charge in [-0.1, -0.05) is 12.1 Å². The van der Waals surface area contributed by atoms with Crippen LogP contribution in [0.3, 0.4) is 0 Å². The van der Waals surface area contributed by atoms with Crippen LogP contribution in [-0.2, 0) is 17.8 Å². The number of carboxylic acid groups (broad SMARTS) is 1. The van der Waals surface area contributed by atoms with E-state index in [0.29, 0.717) is 25.6 Å². The van der Waals surface area contributed by atoms with Gasteiger partial charge in [0, 0.05) is 13.1 Å². The number of fused-ring (bicyclic) bond motifs is 1. The van der Waals surface area contributed by atoms with Crippen LogP contribution in [0.4, 0.5) is 4.79 Å². The first-order valence-electron chi connectivity index (χ1n) is 7.63. The smallest absolute Gasteiger partial charge is 0.407 e. The van der Waals surface area contributed by atoms with E-state index in [2.05, 4.69) is 18.2 Å². The van der Waals surface area contributed by atoms with E-state index < -0.39 is 6.09 Å². The molecule has 0 spiro atoms. The van der Waals surface area contributed by atoms with Crippen molar-refractivity contribution in [2.24, 2.45) is 0 Å². The average molecular weight is 285 g/mol. The largest absolute Gasteiger partial charge is 0.465 e. The number of benzene rings is 1. The summed E-state index contributed by atoms with van der Waals surface area (Å²) in [6, 6.07) is 4.50. The monoisotopic (exact) mass is 285 g/mol. The summed E-state index contributed by atoms with van der Waals surface area (Å²) in [5.74, 6) is 0.674. The molecule has 4 rings (SSSR count). The Morgan fingerprint density at radius 1 is 1.24 bits per heavy atom. The Morgan fingerprint density at radius 2 is 2.00 bits per heavy atom. The molecule has 1 amide bonds. The molecule has 0 radical (unpaired) electrons. The van der Waals surface area contributed by atoms with E-state index in [1.165, 1.54) is 45.6 Å². The maximum absolute atomic E-state index is 11.2. The zero-order valence-electron chi connectivity index (χ0n) is 12.0. The van der Waals surface area contributed by atoms with Gasteiger partial charge in [-0.2, -0.15) is 0 Å². The van der Waals surface area contributed by atoms with Crippen molar-refractivity contribution in [3.63, 3.8) is 0 Å². The number of ether oxygens (including phenoxy) is 1. The van der Waals surface area contributed by atoms with Crippen molar-refractivity contribution in [3.05, 3.63) is 40.5 Å². The van der Waals surface area contributed by atoms with Gasteiger partial charge in [0.25, 0.3) is 0 Å². The van der Waals surface area contributed by atoms with Gasteiger partial charge >= 0.3 is 6.09 Å². The quantitative estimate of drug-likeness (QED) is 0.906. The first-order chi connectivity index (χ1) is 10.2. The van der Waals surface area contributed by atoms with Crippen molar-refractivity contribution < 1.29 is 14.6 Å². The van der Waals surface area contributed by atoms with Crippen LogP contribution in [0.1, 0.15) is 47.4 Å². The van der Waals surface area contributed by atoms with Crippen LogP contribution in [0.5, 0.6) is 0 Å². The molecular weight excluding hydrogens is 266 g/mol. The lowest BCUT2D eigenvalue weighted by Gasteiger charge is -2.18. The fourth-order valence-corrected chi connectivity index (χ4v) is 3.39. The molecule has 2 heterocycles. The molecule has 0 atom stereocenters. The van der Waals surface area contributed by atoms with E-state index in [0.717, 1.165) is 13.0 Å². The van der Waals surface area contributed by atoms with Gasteiger partial charge in [0.1, 0.15) is 0 Å². The molecule has 1 fully saturated rings. The maximum Gasteiger partial charge on any atom is 0.407 e. The van der Waals surface area contributed by atoms with Gasteiger partial charge in [-0.15, -0.1) is 0 Å². The lowest BCUT2D eigenvalue weighted by Crippen LogP contribution is -2.22. The molecule has 1 aromatic carbocycles. The molecular formula is C17H19NO3. The van der Waals surface area contributed by atoms with Crippen molar-refractivity contribution in [1.29, 1.82) is 0 Å². The van der Waals surface area contributed by atoms with Crippen LogP contribution in [0.2, 0.25) is 0 Å². The SMILES string of the molecule is O=C(O)N1Cc2cc(C3=CCOCC3)c(C3CC3)cc2C1. The van der Waals surface area contributed by atoms with Gasteiger partial charge in [-0.3, -0.25) is 4.90 Å². The van der Waals surface area contributed by atoms with Gasteiger partial charge in [0.2, 0.25) is 0 Å². The summed E-state index contributed by atoms with van der Waals surface area (Å²) in [4.78, 5) is 12.7. The third-order valence-corrected chi connectivity index (χ3v) is 4.69. The topological polar surface area (TPSA) is 49.8 Å². The van der Waals surface area contributed by atoms with Gasteiger partial charge in [-0.05, 0) is 59.1 Å². The molecule has 0 aromatic heterocycles. The van der Waals surface area contributed by atoms with Crippen molar-refractivity contribution in [2.45, 2.75) is 38.3 Å². The normalized spacial score (nSPS) is 21.1. The van der Waals surface area contributed by atoms with E-state index in [-0.39, 0.29) is 0 Å². The highest BCUT2D eigenvalue weighted by Crippen LogP contribution is 2.45. The molecule has 2 aliphatic heterocycles. The fourth-order valence-electron chi connectivity index (χ4n) is 3.39. The van der Waals surface area contributed by atoms with Gasteiger partial charge in [0.15, 0.2) is 0 Å². The highest BCUT2D eigenvalue weighted by atomic mass is 16.5. The van der Waals surface area contributed by atoms with Crippen LogP contribution in [0.25, 0.3) is 5.57 Å². The highest BCUT2D eigenvalue weighted by molar-refractivity contribution is 5.72. The predicted octanol–water partition coefficient (Wildman–Crippen LogP) is 3.36. The second kappa shape index (κ2) is 4.88. The second-order valence-corrected chi connectivity index (χ2v) is 6.18. The Labute approximate surface area is 124 Å². The van der Waals surface area contributed by atoms with Gasteiger partial charge in [0.05, 0.1) is 13.2 Å². The zero-order valence-corrected chi connectivity index (χ0v) is 12.0. The minimum atomic E-state index is -0.828. The molecule has 0 saturated heterocycles. The third-order valence-electron chi connectivity index (χ3n) is 4.69. The van der Waals surface area contributed by atoms with Crippen LogP contribution >= 0.6 is 0 Å². The summed E-state index contributed by atoms with van der Waals surface area (Å²) >= 11 is 0. The van der Waals surface area contributed by atoms with Crippen LogP contribution in [0.15, 0.2) is 18.2 Å². The Morgan fingerprint density at radius 3 is 2.62 bits per heavy atom. The molecule has 0 unspecified atom stereocenters. The Kier molecular flexibility index (Phi) is 3.00. The standard InChI is InChI=1S/C17H19NO3/c19-17(20)18-9-13-7-15(11-1-2-11)16(8-14(13)10-18)12-3-5-21-6-4-12/h3,7-8,11H,1-2,4-6,9-10H2,(H,19,20). The molecule has 4 nitrogen and oxygen atoms in total. The number of amides is 1. The number of nitrogens with zero attached hydrogens (tertiary/aromatic N) is 1. The van der Waals surface area contributed by atoms with Crippen molar-refractivity contribution in [2.75, 3.05) is 13.2 Å². The summed E-state index contributed by atoms with van der Waals surface area (Å²) in [5.41, 5.74) is 6.50. The molecule has 0 bridgehead atoms. The summed E-state index contributed by atoms with van der Waals surface area (Å²) in [7, 11) is 0. The average Bonchev–Trinajstić information content (AvgIpc) is 3.26. The molecule has 1 aromatic rings.